The Balaban J connectivity index is 2.21. The van der Waals surface area contributed by atoms with Gasteiger partial charge in [-0.05, 0) is 0 Å². The van der Waals surface area contributed by atoms with Crippen LogP contribution in [0, 0.1) is 11.8 Å². The molecule has 2 aliphatic rings. The predicted octanol–water partition coefficient (Wildman–Crippen LogP) is 0.682. The van der Waals surface area contributed by atoms with E-state index < -0.39 is 0 Å². The molecule has 0 spiro atoms. The van der Waals surface area contributed by atoms with Gasteiger partial charge in [-0.15, -0.1) is 0 Å². The van der Waals surface area contributed by atoms with E-state index in [0.29, 0.717) is 11.1 Å². The van der Waals surface area contributed by atoms with Crippen LogP contribution in [0.2, 0.25) is 0 Å². The van der Waals surface area contributed by atoms with Crippen LogP contribution < -0.4 is 5.46 Å². The van der Waals surface area contributed by atoms with Crippen LogP contribution in [0.25, 0.3) is 0 Å². The Morgan fingerprint density at radius 3 is 2.12 bits per heavy atom. The number of fused-ring (bicyclic) bond motifs is 2. The van der Waals surface area contributed by atoms with Gasteiger partial charge in [-0.3, -0.25) is 9.59 Å². The van der Waals surface area contributed by atoms with Gasteiger partial charge < -0.3 is 0 Å². The Morgan fingerprint density at radius 2 is 1.47 bits per heavy atom. The lowest BCUT2D eigenvalue weighted by Crippen LogP contribution is -2.36. The molecule has 0 saturated carbocycles. The van der Waals surface area contributed by atoms with Gasteiger partial charge in [0.25, 0.3) is 0 Å². The summed E-state index contributed by atoms with van der Waals surface area (Å²) in [4.78, 5) is 24.6. The summed E-state index contributed by atoms with van der Waals surface area (Å²) in [5.41, 5.74) is 2.16. The van der Waals surface area contributed by atoms with Crippen molar-refractivity contribution >= 4 is 24.9 Å². The summed E-state index contributed by atoms with van der Waals surface area (Å²) in [7, 11) is 1.93. The molecule has 0 aromatic heterocycles. The minimum absolute atomic E-state index is 0.0604. The normalized spacial score (nSPS) is 25.6. The number of ketones is 2. The minimum atomic E-state index is -0.304. The number of carbonyl (C=O) groups is 2. The average Bonchev–Trinajstić information content (AvgIpc) is 2.36. The van der Waals surface area contributed by atoms with Gasteiger partial charge >= 0.3 is 0 Å². The Bertz CT molecular complexity index is 584. The quantitative estimate of drug-likeness (QED) is 0.605. The highest BCUT2D eigenvalue weighted by Crippen LogP contribution is 2.33. The summed E-state index contributed by atoms with van der Waals surface area (Å²) >= 11 is 0. The van der Waals surface area contributed by atoms with Crippen molar-refractivity contribution < 1.29 is 9.59 Å². The van der Waals surface area contributed by atoms with Crippen LogP contribution in [-0.4, -0.2) is 19.4 Å². The fourth-order valence-corrected chi connectivity index (χ4v) is 2.54. The molecule has 1 aromatic rings. The summed E-state index contributed by atoms with van der Waals surface area (Å²) in [5, 5.41) is 0. The van der Waals surface area contributed by atoms with E-state index >= 15 is 0 Å². The third kappa shape index (κ3) is 1.42. The number of Topliss-reactive ketones (excluding diaryl/α,β-unsaturated/α-hetero) is 2. The third-order valence-electron chi connectivity index (χ3n) is 3.45. The molecule has 3 heteroatoms. The number of carbonyl (C=O) groups excluding carboxylic acids is 2. The van der Waals surface area contributed by atoms with E-state index in [1.165, 1.54) is 0 Å². The molecule has 2 atom stereocenters. The van der Waals surface area contributed by atoms with E-state index in [2.05, 4.69) is 0 Å². The molecular weight excluding hydrogens is 211 g/mol. The van der Waals surface area contributed by atoms with Crippen molar-refractivity contribution in [2.75, 3.05) is 0 Å². The molecule has 17 heavy (non-hydrogen) atoms. The van der Waals surface area contributed by atoms with E-state index in [0.717, 1.165) is 5.46 Å². The summed E-state index contributed by atoms with van der Waals surface area (Å²) in [6.07, 6.45) is 7.34. The lowest BCUT2D eigenvalue weighted by atomic mass is 9.71. The first-order valence-electron chi connectivity index (χ1n) is 5.72. The van der Waals surface area contributed by atoms with Crippen LogP contribution >= 0.6 is 0 Å². The monoisotopic (exact) mass is 222 g/mol. The summed E-state index contributed by atoms with van der Waals surface area (Å²) in [6, 6.07) is 5.47. The van der Waals surface area contributed by atoms with Crippen LogP contribution in [0.3, 0.4) is 0 Å². The van der Waals surface area contributed by atoms with Crippen molar-refractivity contribution in [2.45, 2.75) is 0 Å². The van der Waals surface area contributed by atoms with E-state index in [1.54, 1.807) is 6.07 Å². The fourth-order valence-electron chi connectivity index (χ4n) is 2.54. The fraction of sp³-hybridized carbons (Fsp3) is 0.143. The van der Waals surface area contributed by atoms with Crippen molar-refractivity contribution in [3.05, 3.63) is 53.6 Å². The van der Waals surface area contributed by atoms with Crippen molar-refractivity contribution in [3.63, 3.8) is 0 Å². The number of benzene rings is 1. The largest absolute Gasteiger partial charge is 0.293 e. The van der Waals surface area contributed by atoms with Gasteiger partial charge in [0.2, 0.25) is 0 Å². The Kier molecular flexibility index (Phi) is 2.15. The van der Waals surface area contributed by atoms with E-state index in [4.69, 9.17) is 0 Å². The summed E-state index contributed by atoms with van der Waals surface area (Å²) in [6.45, 7) is 0. The molecule has 0 fully saturated rings. The Labute approximate surface area is 100 Å². The van der Waals surface area contributed by atoms with E-state index in [1.807, 2.05) is 44.3 Å². The standard InChI is InChI=1S/C14H11BO2/c15-8-5-6-11-12(7-8)14(17)10-4-2-1-3-9(10)13(11)16/h1-7,9-10H,15H2. The maximum atomic E-state index is 12.3. The van der Waals surface area contributed by atoms with Crippen molar-refractivity contribution in [1.82, 2.24) is 0 Å². The first kappa shape index (κ1) is 10.3. The lowest BCUT2D eigenvalue weighted by Gasteiger charge is -2.28. The second kappa shape index (κ2) is 3.55. The van der Waals surface area contributed by atoms with Crippen molar-refractivity contribution in [1.29, 1.82) is 0 Å². The number of hydrogen-bond acceptors (Lipinski definition) is 2. The van der Waals surface area contributed by atoms with Crippen LogP contribution in [-0.2, 0) is 0 Å². The van der Waals surface area contributed by atoms with Gasteiger partial charge in [0.15, 0.2) is 11.6 Å². The molecule has 1 aromatic carbocycles. The molecule has 82 valence electrons. The third-order valence-corrected chi connectivity index (χ3v) is 3.45. The van der Waals surface area contributed by atoms with Gasteiger partial charge in [0.05, 0.1) is 11.8 Å². The second-order valence-electron chi connectivity index (χ2n) is 4.60. The topological polar surface area (TPSA) is 34.1 Å². The first-order chi connectivity index (χ1) is 8.18. The van der Waals surface area contributed by atoms with Crippen LogP contribution in [0.4, 0.5) is 0 Å². The number of rotatable bonds is 0. The summed E-state index contributed by atoms with van der Waals surface area (Å²) < 4.78 is 0. The molecule has 0 N–H and O–H groups in total. The zero-order chi connectivity index (χ0) is 12.0. The maximum Gasteiger partial charge on any atom is 0.171 e. The lowest BCUT2D eigenvalue weighted by molar-refractivity contribution is 0.0801. The minimum Gasteiger partial charge on any atom is -0.293 e. The van der Waals surface area contributed by atoms with Crippen molar-refractivity contribution in [2.24, 2.45) is 11.8 Å². The Hall–Kier alpha value is -1.90. The smallest absolute Gasteiger partial charge is 0.171 e. The van der Waals surface area contributed by atoms with E-state index in [-0.39, 0.29) is 23.4 Å². The number of hydrogen-bond donors (Lipinski definition) is 0. The second-order valence-corrected chi connectivity index (χ2v) is 4.60. The van der Waals surface area contributed by atoms with Gasteiger partial charge in [-0.25, -0.2) is 0 Å². The van der Waals surface area contributed by atoms with E-state index in [9.17, 15) is 9.59 Å². The molecule has 0 saturated heterocycles. The zero-order valence-electron chi connectivity index (χ0n) is 9.51. The molecule has 0 aliphatic heterocycles. The van der Waals surface area contributed by atoms with Gasteiger partial charge in [-0.1, -0.05) is 48.0 Å². The highest BCUT2D eigenvalue weighted by molar-refractivity contribution is 6.33. The molecule has 2 unspecified atom stereocenters. The van der Waals surface area contributed by atoms with Gasteiger partial charge in [0, 0.05) is 11.1 Å². The SMILES string of the molecule is Bc1ccc2c(c1)C(=O)C1C=CC=CC1C2=O. The van der Waals surface area contributed by atoms with Gasteiger partial charge in [0.1, 0.15) is 7.85 Å². The highest BCUT2D eigenvalue weighted by atomic mass is 16.1. The molecule has 3 rings (SSSR count). The molecule has 2 nitrogen and oxygen atoms in total. The molecular formula is C14H11BO2. The molecule has 0 heterocycles. The van der Waals surface area contributed by atoms with Crippen LogP contribution in [0.1, 0.15) is 20.7 Å². The molecule has 2 aliphatic carbocycles. The summed E-state index contributed by atoms with van der Waals surface area (Å²) in [5.74, 6) is -0.483. The predicted molar refractivity (Wildman–Crippen MR) is 68.5 cm³/mol. The van der Waals surface area contributed by atoms with Crippen LogP contribution in [0.5, 0.6) is 0 Å². The molecule has 0 bridgehead atoms. The van der Waals surface area contributed by atoms with Crippen molar-refractivity contribution in [3.8, 4) is 0 Å². The Morgan fingerprint density at radius 1 is 0.882 bits per heavy atom. The maximum absolute atomic E-state index is 12.3. The highest BCUT2D eigenvalue weighted by Gasteiger charge is 2.39. The molecule has 0 amide bonds. The van der Waals surface area contributed by atoms with Gasteiger partial charge in [-0.2, -0.15) is 0 Å². The zero-order valence-corrected chi connectivity index (χ0v) is 9.51. The van der Waals surface area contributed by atoms with Crippen LogP contribution in [0.15, 0.2) is 42.5 Å². The number of allylic oxidation sites excluding steroid dienone is 4. The molecule has 0 radical (unpaired) electrons. The first-order valence-corrected chi connectivity index (χ1v) is 5.72. The average molecular weight is 222 g/mol.